The molecule has 1 aromatic rings. The minimum atomic E-state index is -3.73. The summed E-state index contributed by atoms with van der Waals surface area (Å²) in [5.41, 5.74) is -0.145. The van der Waals surface area contributed by atoms with E-state index in [4.69, 9.17) is 21.4 Å². The van der Waals surface area contributed by atoms with Gasteiger partial charge in [0.25, 0.3) is 0 Å². The molecule has 20 heavy (non-hydrogen) atoms. The number of nitrogens with one attached hydrogen (secondary N) is 1. The van der Waals surface area contributed by atoms with Crippen LogP contribution in [0.3, 0.4) is 0 Å². The van der Waals surface area contributed by atoms with E-state index in [1.165, 1.54) is 6.07 Å². The Labute approximate surface area is 122 Å². The molecule has 0 fully saturated rings. The summed E-state index contributed by atoms with van der Waals surface area (Å²) >= 11 is 5.74. The van der Waals surface area contributed by atoms with Gasteiger partial charge in [0, 0.05) is 6.54 Å². The van der Waals surface area contributed by atoms with E-state index < -0.39 is 16.0 Å². The van der Waals surface area contributed by atoms with Crippen LogP contribution in [-0.4, -0.2) is 38.7 Å². The van der Waals surface area contributed by atoms with Crippen LogP contribution in [-0.2, 0) is 14.8 Å². The second-order valence-corrected chi connectivity index (χ2v) is 6.44. The maximum atomic E-state index is 11.9. The molecule has 0 saturated heterocycles. The Morgan fingerprint density at radius 3 is 2.60 bits per heavy atom. The van der Waals surface area contributed by atoms with Gasteiger partial charge >= 0.3 is 5.97 Å². The molecule has 0 aliphatic rings. The van der Waals surface area contributed by atoms with E-state index in [1.807, 2.05) is 13.8 Å². The first-order chi connectivity index (χ1) is 9.24. The van der Waals surface area contributed by atoms with Crippen molar-refractivity contribution in [2.75, 3.05) is 13.2 Å². The summed E-state index contributed by atoms with van der Waals surface area (Å²) in [6, 6.07) is 3.46. The summed E-state index contributed by atoms with van der Waals surface area (Å²) in [6.07, 6.45) is 0.0174. The van der Waals surface area contributed by atoms with Gasteiger partial charge < -0.3 is 9.84 Å². The lowest BCUT2D eigenvalue weighted by Gasteiger charge is -2.10. The highest BCUT2D eigenvalue weighted by atomic mass is 35.5. The first-order valence-corrected chi connectivity index (χ1v) is 7.74. The number of halogens is 1. The quantitative estimate of drug-likeness (QED) is 0.746. The minimum absolute atomic E-state index is 0.0174. The Bertz CT molecular complexity index is 586. The van der Waals surface area contributed by atoms with E-state index in [0.29, 0.717) is 0 Å². The number of hydrogen-bond donors (Lipinski definition) is 2. The summed E-state index contributed by atoms with van der Waals surface area (Å²) in [6.45, 7) is 4.06. The Hall–Kier alpha value is -1.15. The van der Waals surface area contributed by atoms with Crippen molar-refractivity contribution >= 4 is 27.6 Å². The number of carbonyl (C=O) groups is 1. The van der Waals surface area contributed by atoms with E-state index in [9.17, 15) is 13.2 Å². The molecule has 0 radical (unpaired) electrons. The Balaban J connectivity index is 2.78. The van der Waals surface area contributed by atoms with Crippen LogP contribution in [0.1, 0.15) is 24.2 Å². The van der Waals surface area contributed by atoms with E-state index >= 15 is 0 Å². The van der Waals surface area contributed by atoms with Crippen LogP contribution in [0.2, 0.25) is 5.02 Å². The molecule has 2 N–H and O–H groups in total. The number of carboxylic acids is 1. The average Bonchev–Trinajstić information content (AvgIpc) is 2.34. The molecule has 8 heteroatoms. The maximum absolute atomic E-state index is 11.9. The Morgan fingerprint density at radius 2 is 2.10 bits per heavy atom. The van der Waals surface area contributed by atoms with Gasteiger partial charge in [0.15, 0.2) is 0 Å². The second-order valence-electron chi connectivity index (χ2n) is 4.26. The highest BCUT2D eigenvalue weighted by Gasteiger charge is 2.17. The van der Waals surface area contributed by atoms with Crippen LogP contribution < -0.4 is 4.72 Å². The lowest BCUT2D eigenvalue weighted by molar-refractivity contribution is 0.0697. The molecule has 0 bridgehead atoms. The van der Waals surface area contributed by atoms with Gasteiger partial charge in [0.05, 0.1) is 28.2 Å². The van der Waals surface area contributed by atoms with Crippen molar-refractivity contribution in [3.63, 3.8) is 0 Å². The van der Waals surface area contributed by atoms with Crippen LogP contribution in [0.5, 0.6) is 0 Å². The molecular formula is C12H16ClNO5S. The van der Waals surface area contributed by atoms with Gasteiger partial charge in [-0.3, -0.25) is 0 Å². The van der Waals surface area contributed by atoms with Crippen LogP contribution in [0.15, 0.2) is 23.1 Å². The fourth-order valence-corrected chi connectivity index (χ4v) is 2.76. The number of ether oxygens (including phenoxy) is 1. The lowest BCUT2D eigenvalue weighted by atomic mass is 10.2. The predicted octanol–water partition coefficient (Wildman–Crippen LogP) is 1.74. The molecule has 0 spiro atoms. The van der Waals surface area contributed by atoms with Gasteiger partial charge in [-0.15, -0.1) is 0 Å². The number of sulfonamides is 1. The molecular weight excluding hydrogens is 306 g/mol. The van der Waals surface area contributed by atoms with Crippen molar-refractivity contribution in [3.05, 3.63) is 28.8 Å². The van der Waals surface area contributed by atoms with Crippen molar-refractivity contribution in [2.45, 2.75) is 24.8 Å². The summed E-state index contributed by atoms with van der Waals surface area (Å²) in [7, 11) is -3.73. The molecule has 6 nitrogen and oxygen atoms in total. The van der Waals surface area contributed by atoms with Crippen molar-refractivity contribution in [1.82, 2.24) is 4.72 Å². The van der Waals surface area contributed by atoms with Crippen molar-refractivity contribution < 1.29 is 23.1 Å². The Kier molecular flexibility index (Phi) is 5.94. The highest BCUT2D eigenvalue weighted by molar-refractivity contribution is 7.89. The monoisotopic (exact) mass is 321 g/mol. The van der Waals surface area contributed by atoms with Gasteiger partial charge in [0.1, 0.15) is 0 Å². The van der Waals surface area contributed by atoms with E-state index in [1.54, 1.807) is 0 Å². The van der Waals surface area contributed by atoms with Crippen molar-refractivity contribution in [1.29, 1.82) is 0 Å². The molecule has 1 aromatic carbocycles. The molecule has 0 saturated carbocycles. The fourth-order valence-electron chi connectivity index (χ4n) is 1.39. The van der Waals surface area contributed by atoms with Crippen LogP contribution in [0, 0.1) is 0 Å². The summed E-state index contributed by atoms with van der Waals surface area (Å²) < 4.78 is 31.4. The zero-order valence-electron chi connectivity index (χ0n) is 11.1. The third-order valence-electron chi connectivity index (χ3n) is 2.33. The van der Waals surface area contributed by atoms with Gasteiger partial charge in [-0.05, 0) is 32.0 Å². The SMILES string of the molecule is CC(C)OCCNS(=O)(=O)c1ccc(C(=O)O)c(Cl)c1. The summed E-state index contributed by atoms with van der Waals surface area (Å²) in [4.78, 5) is 10.7. The van der Waals surface area contributed by atoms with Crippen LogP contribution in [0.25, 0.3) is 0 Å². The molecule has 0 aliphatic heterocycles. The summed E-state index contributed by atoms with van der Waals surface area (Å²) in [5.74, 6) is -1.21. The number of rotatable bonds is 7. The first-order valence-electron chi connectivity index (χ1n) is 5.88. The fraction of sp³-hybridized carbons (Fsp3) is 0.417. The standard InChI is InChI=1S/C12H16ClNO5S/c1-8(2)19-6-5-14-20(17,18)9-3-4-10(12(15)16)11(13)7-9/h3-4,7-8,14H,5-6H2,1-2H3,(H,15,16). The lowest BCUT2D eigenvalue weighted by Crippen LogP contribution is -2.28. The highest BCUT2D eigenvalue weighted by Crippen LogP contribution is 2.20. The predicted molar refractivity (Wildman–Crippen MR) is 74.7 cm³/mol. The van der Waals surface area contributed by atoms with Gasteiger partial charge in [0.2, 0.25) is 10.0 Å². The number of aromatic carboxylic acids is 1. The maximum Gasteiger partial charge on any atom is 0.337 e. The van der Waals surface area contributed by atoms with Crippen LogP contribution in [0.4, 0.5) is 0 Å². The molecule has 1 rings (SSSR count). The topological polar surface area (TPSA) is 92.7 Å². The molecule has 0 atom stereocenters. The molecule has 0 aliphatic carbocycles. The molecule has 0 unspecified atom stereocenters. The summed E-state index contributed by atoms with van der Waals surface area (Å²) in [5, 5.41) is 8.69. The van der Waals surface area contributed by atoms with E-state index in [2.05, 4.69) is 4.72 Å². The second kappa shape index (κ2) is 7.03. The van der Waals surface area contributed by atoms with Gasteiger partial charge in [-0.1, -0.05) is 11.6 Å². The third kappa shape index (κ3) is 4.75. The minimum Gasteiger partial charge on any atom is -0.478 e. The van der Waals surface area contributed by atoms with Gasteiger partial charge in [-0.2, -0.15) is 0 Å². The number of carboxylic acid groups (broad SMARTS) is 1. The zero-order valence-corrected chi connectivity index (χ0v) is 12.7. The molecule has 0 aromatic heterocycles. The third-order valence-corrected chi connectivity index (χ3v) is 4.10. The van der Waals surface area contributed by atoms with Gasteiger partial charge in [-0.25, -0.2) is 17.9 Å². The van der Waals surface area contributed by atoms with E-state index in [-0.39, 0.29) is 34.7 Å². The molecule has 0 heterocycles. The number of benzene rings is 1. The Morgan fingerprint density at radius 1 is 1.45 bits per heavy atom. The van der Waals surface area contributed by atoms with Crippen LogP contribution >= 0.6 is 11.6 Å². The molecule has 112 valence electrons. The average molecular weight is 322 g/mol. The van der Waals surface area contributed by atoms with E-state index in [0.717, 1.165) is 12.1 Å². The normalized spacial score (nSPS) is 11.8. The van der Waals surface area contributed by atoms with Crippen molar-refractivity contribution in [3.8, 4) is 0 Å². The first kappa shape index (κ1) is 16.9. The largest absolute Gasteiger partial charge is 0.478 e. The zero-order chi connectivity index (χ0) is 15.3. The number of hydrogen-bond acceptors (Lipinski definition) is 4. The van der Waals surface area contributed by atoms with Crippen molar-refractivity contribution in [2.24, 2.45) is 0 Å². The molecule has 0 amide bonds. The smallest absolute Gasteiger partial charge is 0.337 e.